The molecular formula is C12H13ClN2O. The second-order valence-electron chi connectivity index (χ2n) is 3.77. The van der Waals surface area contributed by atoms with Gasteiger partial charge < -0.3 is 0 Å². The molecule has 0 radical (unpaired) electrons. The van der Waals surface area contributed by atoms with E-state index in [1.54, 1.807) is 18.3 Å². The first-order valence-electron chi connectivity index (χ1n) is 5.35. The average molecular weight is 237 g/mol. The molecule has 0 atom stereocenters. The van der Waals surface area contributed by atoms with Crippen LogP contribution >= 0.6 is 11.6 Å². The molecule has 0 bridgehead atoms. The number of halogens is 1. The summed E-state index contributed by atoms with van der Waals surface area (Å²) in [5, 5.41) is 6.42. The first-order chi connectivity index (χ1) is 7.75. The van der Waals surface area contributed by atoms with Crippen LogP contribution in [0.4, 0.5) is 0 Å². The summed E-state index contributed by atoms with van der Waals surface area (Å²) in [6.45, 7) is 0.725. The third-order valence-corrected chi connectivity index (χ3v) is 2.77. The zero-order chi connectivity index (χ0) is 11.4. The number of amides is 1. The van der Waals surface area contributed by atoms with E-state index in [1.807, 2.05) is 12.1 Å². The smallest absolute Gasteiger partial charge is 0.242 e. The lowest BCUT2D eigenvalue weighted by Gasteiger charge is -2.21. The molecular weight excluding hydrogens is 224 g/mol. The molecule has 1 aromatic rings. The Morgan fingerprint density at radius 3 is 2.69 bits per heavy atom. The van der Waals surface area contributed by atoms with Crippen molar-refractivity contribution in [2.45, 2.75) is 19.3 Å². The summed E-state index contributed by atoms with van der Waals surface area (Å²) in [4.78, 5) is 11.5. The Balaban J connectivity index is 2.02. The van der Waals surface area contributed by atoms with Crippen LogP contribution < -0.4 is 0 Å². The maximum absolute atomic E-state index is 11.5. The number of benzene rings is 1. The van der Waals surface area contributed by atoms with E-state index in [4.69, 9.17) is 11.6 Å². The first-order valence-corrected chi connectivity index (χ1v) is 5.73. The van der Waals surface area contributed by atoms with Crippen molar-refractivity contribution in [1.82, 2.24) is 5.01 Å². The fraction of sp³-hybridized carbons (Fsp3) is 0.333. The molecule has 3 nitrogen and oxygen atoms in total. The van der Waals surface area contributed by atoms with Crippen molar-refractivity contribution < 1.29 is 4.79 Å². The molecule has 1 aliphatic heterocycles. The molecule has 0 saturated carbocycles. The number of rotatable bonds is 2. The average Bonchev–Trinajstić information content (AvgIpc) is 2.30. The van der Waals surface area contributed by atoms with Gasteiger partial charge in [-0.25, -0.2) is 5.01 Å². The van der Waals surface area contributed by atoms with Gasteiger partial charge in [-0.15, -0.1) is 0 Å². The van der Waals surface area contributed by atoms with Crippen molar-refractivity contribution in [2.24, 2.45) is 5.10 Å². The van der Waals surface area contributed by atoms with Gasteiger partial charge in [-0.1, -0.05) is 23.7 Å². The molecule has 1 aliphatic rings. The van der Waals surface area contributed by atoms with Crippen LogP contribution in [0.3, 0.4) is 0 Å². The number of nitrogens with zero attached hydrogens (tertiary/aromatic N) is 2. The van der Waals surface area contributed by atoms with Crippen LogP contribution in [0.5, 0.6) is 0 Å². The van der Waals surface area contributed by atoms with Gasteiger partial charge in [0.2, 0.25) is 5.91 Å². The molecule has 16 heavy (non-hydrogen) atoms. The normalized spacial score (nSPS) is 17.1. The van der Waals surface area contributed by atoms with Crippen LogP contribution in [-0.2, 0) is 4.79 Å². The lowest BCUT2D eigenvalue weighted by molar-refractivity contribution is -0.133. The number of hydrogen-bond donors (Lipinski definition) is 0. The van der Waals surface area contributed by atoms with E-state index in [1.165, 1.54) is 5.01 Å². The quantitative estimate of drug-likeness (QED) is 0.727. The Morgan fingerprint density at radius 2 is 2.00 bits per heavy atom. The molecule has 0 unspecified atom stereocenters. The van der Waals surface area contributed by atoms with Crippen LogP contribution in [0.25, 0.3) is 0 Å². The molecule has 84 valence electrons. The Hall–Kier alpha value is -1.35. The second-order valence-corrected chi connectivity index (χ2v) is 4.21. The van der Waals surface area contributed by atoms with E-state index in [9.17, 15) is 4.79 Å². The van der Waals surface area contributed by atoms with Crippen molar-refractivity contribution in [3.05, 3.63) is 34.9 Å². The predicted octanol–water partition coefficient (Wildman–Crippen LogP) is 2.69. The summed E-state index contributed by atoms with van der Waals surface area (Å²) in [5.41, 5.74) is 0.947. The molecule has 1 saturated heterocycles. The van der Waals surface area contributed by atoms with Gasteiger partial charge in [0.15, 0.2) is 0 Å². The lowest BCUT2D eigenvalue weighted by Crippen LogP contribution is -2.30. The van der Waals surface area contributed by atoms with Crippen LogP contribution in [0.2, 0.25) is 5.02 Å². The van der Waals surface area contributed by atoms with E-state index in [2.05, 4.69) is 5.10 Å². The van der Waals surface area contributed by atoms with Crippen LogP contribution in [0.15, 0.2) is 29.4 Å². The predicted molar refractivity (Wildman–Crippen MR) is 64.6 cm³/mol. The molecule has 1 amide bonds. The van der Waals surface area contributed by atoms with Gasteiger partial charge in [0, 0.05) is 18.0 Å². The highest BCUT2D eigenvalue weighted by Gasteiger charge is 2.16. The minimum Gasteiger partial charge on any atom is -0.273 e. The fourth-order valence-corrected chi connectivity index (χ4v) is 1.72. The fourth-order valence-electron chi connectivity index (χ4n) is 1.60. The molecule has 0 aliphatic carbocycles. The monoisotopic (exact) mass is 236 g/mol. The highest BCUT2D eigenvalue weighted by molar-refractivity contribution is 6.30. The largest absolute Gasteiger partial charge is 0.273 e. The molecule has 1 aromatic carbocycles. The molecule has 1 heterocycles. The molecule has 4 heteroatoms. The Bertz CT molecular complexity index is 400. The van der Waals surface area contributed by atoms with Crippen molar-refractivity contribution >= 4 is 23.7 Å². The summed E-state index contributed by atoms with van der Waals surface area (Å²) in [7, 11) is 0. The van der Waals surface area contributed by atoms with Gasteiger partial charge in [0.05, 0.1) is 6.21 Å². The van der Waals surface area contributed by atoms with Gasteiger partial charge in [-0.2, -0.15) is 5.10 Å². The maximum Gasteiger partial charge on any atom is 0.242 e. The summed E-state index contributed by atoms with van der Waals surface area (Å²) < 4.78 is 0. The van der Waals surface area contributed by atoms with Crippen LogP contribution in [0.1, 0.15) is 24.8 Å². The molecule has 0 N–H and O–H groups in total. The number of carbonyl (C=O) groups is 1. The second kappa shape index (κ2) is 5.12. The zero-order valence-corrected chi connectivity index (χ0v) is 9.65. The van der Waals surface area contributed by atoms with E-state index in [-0.39, 0.29) is 5.91 Å². The van der Waals surface area contributed by atoms with E-state index < -0.39 is 0 Å². The van der Waals surface area contributed by atoms with Gasteiger partial charge in [-0.05, 0) is 30.5 Å². The topological polar surface area (TPSA) is 32.7 Å². The van der Waals surface area contributed by atoms with Crippen LogP contribution in [-0.4, -0.2) is 23.7 Å². The SMILES string of the molecule is O=C1CCCCN1N=Cc1ccc(Cl)cc1. The maximum atomic E-state index is 11.5. The van der Waals surface area contributed by atoms with Gasteiger partial charge in [0.25, 0.3) is 0 Å². The minimum atomic E-state index is 0.108. The third-order valence-electron chi connectivity index (χ3n) is 2.51. The Morgan fingerprint density at radius 1 is 1.25 bits per heavy atom. The highest BCUT2D eigenvalue weighted by atomic mass is 35.5. The van der Waals surface area contributed by atoms with Crippen molar-refractivity contribution in [3.8, 4) is 0 Å². The summed E-state index contributed by atoms with van der Waals surface area (Å²) in [5.74, 6) is 0.108. The minimum absolute atomic E-state index is 0.108. The van der Waals surface area contributed by atoms with Crippen LogP contribution in [0, 0.1) is 0 Å². The number of carbonyl (C=O) groups excluding carboxylic acids is 1. The molecule has 2 rings (SSSR count). The molecule has 0 spiro atoms. The van der Waals surface area contributed by atoms with Crippen molar-refractivity contribution in [2.75, 3.05) is 6.54 Å². The summed E-state index contributed by atoms with van der Waals surface area (Å²) >= 11 is 5.77. The Kier molecular flexibility index (Phi) is 3.57. The number of hydrazone groups is 1. The van der Waals surface area contributed by atoms with Crippen molar-refractivity contribution in [3.63, 3.8) is 0 Å². The van der Waals surface area contributed by atoms with Crippen molar-refractivity contribution in [1.29, 1.82) is 0 Å². The lowest BCUT2D eigenvalue weighted by atomic mass is 10.1. The van der Waals surface area contributed by atoms with Gasteiger partial charge >= 0.3 is 0 Å². The summed E-state index contributed by atoms with van der Waals surface area (Å²) in [6.07, 6.45) is 4.31. The first kappa shape index (κ1) is 11.1. The molecule has 0 aromatic heterocycles. The number of hydrogen-bond acceptors (Lipinski definition) is 2. The molecule has 1 fully saturated rings. The number of piperidine rings is 1. The third kappa shape index (κ3) is 2.83. The van der Waals surface area contributed by atoms with E-state index in [0.717, 1.165) is 24.9 Å². The Labute approximate surface area is 99.7 Å². The van der Waals surface area contributed by atoms with E-state index >= 15 is 0 Å². The zero-order valence-electron chi connectivity index (χ0n) is 8.90. The summed E-state index contributed by atoms with van der Waals surface area (Å²) in [6, 6.07) is 7.36. The van der Waals surface area contributed by atoms with Gasteiger partial charge in [0.1, 0.15) is 0 Å². The van der Waals surface area contributed by atoms with E-state index in [0.29, 0.717) is 11.4 Å². The highest BCUT2D eigenvalue weighted by Crippen LogP contribution is 2.11. The standard InChI is InChI=1S/C12H13ClN2O/c13-11-6-4-10(5-7-11)9-14-15-8-2-1-3-12(15)16/h4-7,9H,1-3,8H2. The van der Waals surface area contributed by atoms with Gasteiger partial charge in [-0.3, -0.25) is 4.79 Å².